The lowest BCUT2D eigenvalue weighted by atomic mass is 9.95. The predicted octanol–water partition coefficient (Wildman–Crippen LogP) is 2.34. The molecule has 1 aromatic carbocycles. The first-order valence-corrected chi connectivity index (χ1v) is 10.4. The molecule has 0 saturated carbocycles. The Bertz CT molecular complexity index is 1230. The Morgan fingerprint density at radius 1 is 1.23 bits per heavy atom. The molecule has 0 radical (unpaired) electrons. The monoisotopic (exact) mass is 440 g/mol. The van der Waals surface area contributed by atoms with Gasteiger partial charge in [-0.25, -0.2) is 14.6 Å². The molecule has 1 aliphatic rings. The van der Waals surface area contributed by atoms with Gasteiger partial charge in [0.05, 0.1) is 49.3 Å². The molecule has 4 rings (SSSR count). The van der Waals surface area contributed by atoms with Crippen LogP contribution < -0.4 is 20.9 Å². The number of esters is 1. The molecular weight excluding hydrogens is 420 g/mol. The van der Waals surface area contributed by atoms with Crippen LogP contribution in [0, 0.1) is 0 Å². The smallest absolute Gasteiger partial charge is 0.338 e. The van der Waals surface area contributed by atoms with Crippen LogP contribution in [0.5, 0.6) is 5.75 Å². The van der Waals surface area contributed by atoms with Gasteiger partial charge in [-0.1, -0.05) is 12.1 Å². The van der Waals surface area contributed by atoms with E-state index < -0.39 is 18.0 Å². The molecular formula is C21H20N4O5S. The fraction of sp³-hybridized carbons (Fsp3) is 0.238. The third-order valence-corrected chi connectivity index (χ3v) is 5.70. The fourth-order valence-electron chi connectivity index (χ4n) is 3.42. The number of carbonyl (C=O) groups is 2. The zero-order valence-electron chi connectivity index (χ0n) is 16.9. The van der Waals surface area contributed by atoms with Gasteiger partial charge < -0.3 is 20.1 Å². The van der Waals surface area contributed by atoms with Gasteiger partial charge in [0.2, 0.25) is 0 Å². The van der Waals surface area contributed by atoms with E-state index in [0.717, 1.165) is 0 Å². The van der Waals surface area contributed by atoms with Gasteiger partial charge in [-0.3, -0.25) is 9.36 Å². The second kappa shape index (κ2) is 8.60. The van der Waals surface area contributed by atoms with Crippen molar-refractivity contribution in [2.75, 3.05) is 13.7 Å². The summed E-state index contributed by atoms with van der Waals surface area (Å²) in [5.41, 5.74) is 0.927. The number of urea groups is 1. The zero-order valence-corrected chi connectivity index (χ0v) is 17.7. The van der Waals surface area contributed by atoms with Crippen LogP contribution >= 0.6 is 11.3 Å². The van der Waals surface area contributed by atoms with Crippen LogP contribution in [0.15, 0.2) is 58.1 Å². The van der Waals surface area contributed by atoms with E-state index in [1.54, 1.807) is 49.7 Å². The summed E-state index contributed by atoms with van der Waals surface area (Å²) in [7, 11) is 1.56. The van der Waals surface area contributed by atoms with E-state index in [1.165, 1.54) is 22.2 Å². The minimum absolute atomic E-state index is 0.0359. The molecule has 2 N–H and O–H groups in total. The molecule has 160 valence electrons. The second-order valence-electron chi connectivity index (χ2n) is 6.73. The summed E-state index contributed by atoms with van der Waals surface area (Å²) in [6.07, 6.45) is 1.41. The van der Waals surface area contributed by atoms with Crippen molar-refractivity contribution in [2.45, 2.75) is 19.5 Å². The Balaban J connectivity index is 1.80. The number of hydrogen-bond acceptors (Lipinski definition) is 7. The SMILES string of the molecule is CCOC(=O)C1=C(Cn2cnc3sccc3c2=O)NC(=O)NC1c1ccc(OC)cc1. The zero-order chi connectivity index (χ0) is 22.0. The van der Waals surface area contributed by atoms with Crippen LogP contribution in [-0.2, 0) is 16.1 Å². The van der Waals surface area contributed by atoms with Crippen LogP contribution in [0.1, 0.15) is 18.5 Å². The van der Waals surface area contributed by atoms with Gasteiger partial charge in [-0.15, -0.1) is 11.3 Å². The number of allylic oxidation sites excluding steroid dienone is 1. The molecule has 3 aromatic rings. The number of nitrogens with zero attached hydrogens (tertiary/aromatic N) is 2. The van der Waals surface area contributed by atoms with E-state index in [9.17, 15) is 14.4 Å². The number of ether oxygens (including phenoxy) is 2. The molecule has 1 unspecified atom stereocenters. The number of rotatable bonds is 6. The highest BCUT2D eigenvalue weighted by Crippen LogP contribution is 2.29. The van der Waals surface area contributed by atoms with Gasteiger partial charge >= 0.3 is 12.0 Å². The number of carbonyl (C=O) groups excluding carboxylic acids is 2. The lowest BCUT2D eigenvalue weighted by molar-refractivity contribution is -0.139. The van der Waals surface area contributed by atoms with E-state index in [1.807, 2.05) is 0 Å². The largest absolute Gasteiger partial charge is 0.497 e. The summed E-state index contributed by atoms with van der Waals surface area (Å²) in [5, 5.41) is 7.70. The van der Waals surface area contributed by atoms with Crippen molar-refractivity contribution in [1.29, 1.82) is 0 Å². The Hall–Kier alpha value is -3.66. The van der Waals surface area contributed by atoms with E-state index in [0.29, 0.717) is 21.5 Å². The second-order valence-corrected chi connectivity index (χ2v) is 7.63. The number of benzene rings is 1. The molecule has 31 heavy (non-hydrogen) atoms. The number of nitrogens with one attached hydrogen (secondary N) is 2. The Kier molecular flexibility index (Phi) is 5.72. The highest BCUT2D eigenvalue weighted by Gasteiger charge is 2.34. The maximum Gasteiger partial charge on any atom is 0.338 e. The summed E-state index contributed by atoms with van der Waals surface area (Å²) >= 11 is 1.37. The maximum atomic E-state index is 12.9. The molecule has 1 aliphatic heterocycles. The van der Waals surface area contributed by atoms with Crippen LogP contribution in [0.2, 0.25) is 0 Å². The molecule has 0 fully saturated rings. The minimum Gasteiger partial charge on any atom is -0.497 e. The van der Waals surface area contributed by atoms with Crippen LogP contribution in [0.4, 0.5) is 4.79 Å². The average Bonchev–Trinajstić information content (AvgIpc) is 3.25. The molecule has 0 bridgehead atoms. The molecule has 1 atom stereocenters. The number of amides is 2. The van der Waals surface area contributed by atoms with Crippen LogP contribution in [-0.4, -0.2) is 35.3 Å². The first kappa shape index (κ1) is 20.6. The van der Waals surface area contributed by atoms with Crippen molar-refractivity contribution in [1.82, 2.24) is 20.2 Å². The van der Waals surface area contributed by atoms with Crippen LogP contribution in [0.25, 0.3) is 10.2 Å². The maximum absolute atomic E-state index is 12.9. The molecule has 0 saturated heterocycles. The van der Waals surface area contributed by atoms with Gasteiger partial charge in [-0.2, -0.15) is 0 Å². The summed E-state index contributed by atoms with van der Waals surface area (Å²) in [6.45, 7) is 1.83. The highest BCUT2D eigenvalue weighted by molar-refractivity contribution is 7.16. The van der Waals surface area contributed by atoms with Gasteiger partial charge in [0.15, 0.2) is 0 Å². The highest BCUT2D eigenvalue weighted by atomic mass is 32.1. The summed E-state index contributed by atoms with van der Waals surface area (Å²) < 4.78 is 11.8. The number of hydrogen-bond donors (Lipinski definition) is 2. The number of thiophene rings is 1. The molecule has 0 spiro atoms. The third-order valence-electron chi connectivity index (χ3n) is 4.88. The van der Waals surface area contributed by atoms with E-state index in [-0.39, 0.29) is 30.0 Å². The quantitative estimate of drug-likeness (QED) is 0.569. The summed E-state index contributed by atoms with van der Waals surface area (Å²) in [4.78, 5) is 43.0. The van der Waals surface area contributed by atoms with E-state index >= 15 is 0 Å². The number of fused-ring (bicyclic) bond motifs is 1. The third kappa shape index (κ3) is 4.02. The lowest BCUT2D eigenvalue weighted by Gasteiger charge is -2.29. The summed E-state index contributed by atoms with van der Waals surface area (Å²) in [5.74, 6) is 0.0658. The van der Waals surface area contributed by atoms with E-state index in [4.69, 9.17) is 9.47 Å². The van der Waals surface area contributed by atoms with Gasteiger partial charge in [0.1, 0.15) is 10.6 Å². The van der Waals surface area contributed by atoms with Gasteiger partial charge in [0, 0.05) is 0 Å². The van der Waals surface area contributed by atoms with Crippen molar-refractivity contribution in [2.24, 2.45) is 0 Å². The molecule has 2 aromatic heterocycles. The Morgan fingerprint density at radius 2 is 2.00 bits per heavy atom. The average molecular weight is 440 g/mol. The molecule has 0 aliphatic carbocycles. The first-order chi connectivity index (χ1) is 15.0. The molecule has 9 nitrogen and oxygen atoms in total. The Morgan fingerprint density at radius 3 is 2.71 bits per heavy atom. The normalized spacial score (nSPS) is 16.1. The topological polar surface area (TPSA) is 112 Å². The lowest BCUT2D eigenvalue weighted by Crippen LogP contribution is -2.47. The van der Waals surface area contributed by atoms with Crippen molar-refractivity contribution >= 4 is 33.6 Å². The summed E-state index contributed by atoms with van der Waals surface area (Å²) in [6, 6.07) is 7.47. The van der Waals surface area contributed by atoms with Gasteiger partial charge in [0.25, 0.3) is 5.56 Å². The van der Waals surface area contributed by atoms with Crippen LogP contribution in [0.3, 0.4) is 0 Å². The molecule has 10 heteroatoms. The van der Waals surface area contributed by atoms with Crippen molar-refractivity contribution in [3.8, 4) is 5.75 Å². The number of aromatic nitrogens is 2. The minimum atomic E-state index is -0.748. The van der Waals surface area contributed by atoms with Crippen molar-refractivity contribution in [3.05, 3.63) is 69.2 Å². The van der Waals surface area contributed by atoms with Crippen molar-refractivity contribution < 1.29 is 19.1 Å². The molecule has 2 amide bonds. The van der Waals surface area contributed by atoms with Crippen molar-refractivity contribution in [3.63, 3.8) is 0 Å². The first-order valence-electron chi connectivity index (χ1n) is 9.56. The standard InChI is InChI=1S/C21H20N4O5S/c1-3-30-20(27)16-15(10-25-11-22-18-14(19(25)26)8-9-31-18)23-21(28)24-17(16)12-4-6-13(29-2)7-5-12/h4-9,11,17H,3,10H2,1-2H3,(H2,23,24,28). The fourth-order valence-corrected chi connectivity index (χ4v) is 4.14. The number of methoxy groups -OCH3 is 1. The van der Waals surface area contributed by atoms with E-state index in [2.05, 4.69) is 15.6 Å². The van der Waals surface area contributed by atoms with Gasteiger partial charge in [-0.05, 0) is 36.1 Å². The molecule has 3 heterocycles. The predicted molar refractivity (Wildman–Crippen MR) is 115 cm³/mol. The Labute approximate surface area is 181 Å².